The van der Waals surface area contributed by atoms with Gasteiger partial charge in [0.05, 0.1) is 0 Å². The molecule has 2 aromatic rings. The van der Waals surface area contributed by atoms with E-state index in [2.05, 4.69) is 42.0 Å². The summed E-state index contributed by atoms with van der Waals surface area (Å²) < 4.78 is 2.52. The Labute approximate surface area is 101 Å². The van der Waals surface area contributed by atoms with Crippen molar-refractivity contribution in [2.45, 2.75) is 37.1 Å². The van der Waals surface area contributed by atoms with Crippen LogP contribution in [0.4, 0.5) is 0 Å². The maximum Gasteiger partial charge on any atom is 0.0493 e. The maximum absolute atomic E-state index is 2.52. The van der Waals surface area contributed by atoms with Crippen molar-refractivity contribution >= 4 is 22.7 Å². The van der Waals surface area contributed by atoms with Crippen molar-refractivity contribution in [3.8, 4) is 0 Å². The molecule has 1 aliphatic heterocycles. The minimum atomic E-state index is 0.780. The van der Waals surface area contributed by atoms with Crippen LogP contribution < -0.4 is 0 Å². The highest BCUT2D eigenvalue weighted by atomic mass is 32.2. The van der Waals surface area contributed by atoms with Gasteiger partial charge in [-0.2, -0.15) is 0 Å². The minimum Gasteiger partial charge on any atom is -0.344 e. The summed E-state index contributed by atoms with van der Waals surface area (Å²) in [6.45, 7) is 3.50. The molecule has 2 heteroatoms. The van der Waals surface area contributed by atoms with E-state index in [4.69, 9.17) is 0 Å². The summed E-state index contributed by atoms with van der Waals surface area (Å²) in [6, 6.07) is 9.09. The molecule has 1 aliphatic rings. The summed E-state index contributed by atoms with van der Waals surface area (Å²) in [5, 5.41) is 1.45. The molecule has 1 aromatic heterocycles. The van der Waals surface area contributed by atoms with Crippen LogP contribution in [0.15, 0.2) is 29.2 Å². The fourth-order valence-electron chi connectivity index (χ4n) is 2.89. The van der Waals surface area contributed by atoms with Crippen molar-refractivity contribution < 1.29 is 0 Å². The summed E-state index contributed by atoms with van der Waals surface area (Å²) in [6.07, 6.45) is 4.76. The lowest BCUT2D eigenvalue weighted by molar-refractivity contribution is 0.646. The first-order valence-electron chi connectivity index (χ1n) is 6.01. The third-order valence-corrected chi connectivity index (χ3v) is 4.57. The highest BCUT2D eigenvalue weighted by molar-refractivity contribution is 7.98. The molecule has 0 saturated heterocycles. The van der Waals surface area contributed by atoms with Crippen LogP contribution in [0.5, 0.6) is 0 Å². The quantitative estimate of drug-likeness (QED) is 0.699. The van der Waals surface area contributed by atoms with Gasteiger partial charge < -0.3 is 4.57 Å². The molecule has 3 rings (SSSR count). The Morgan fingerprint density at radius 2 is 2.31 bits per heavy atom. The zero-order valence-electron chi connectivity index (χ0n) is 9.86. The lowest BCUT2D eigenvalue weighted by Crippen LogP contribution is -1.91. The van der Waals surface area contributed by atoms with E-state index in [1.54, 1.807) is 5.69 Å². The van der Waals surface area contributed by atoms with E-state index in [0.29, 0.717) is 0 Å². The number of nitrogens with zero attached hydrogens (tertiary/aromatic N) is 1. The Morgan fingerprint density at radius 3 is 3.06 bits per heavy atom. The first-order chi connectivity index (χ1) is 7.85. The Morgan fingerprint density at radius 1 is 1.44 bits per heavy atom. The third kappa shape index (κ3) is 1.32. The van der Waals surface area contributed by atoms with E-state index in [1.807, 2.05) is 11.8 Å². The van der Waals surface area contributed by atoms with E-state index in [0.717, 1.165) is 5.92 Å². The van der Waals surface area contributed by atoms with Crippen LogP contribution in [0.3, 0.4) is 0 Å². The van der Waals surface area contributed by atoms with Crippen LogP contribution in [-0.2, 0) is 6.54 Å². The smallest absolute Gasteiger partial charge is 0.0493 e. The molecule has 0 spiro atoms. The third-order valence-electron chi connectivity index (χ3n) is 3.77. The number of hydrogen-bond donors (Lipinski definition) is 0. The molecule has 0 aliphatic carbocycles. The summed E-state index contributed by atoms with van der Waals surface area (Å²) in [5.74, 6) is 0.780. The number of rotatable bonds is 2. The molecule has 1 atom stereocenters. The summed E-state index contributed by atoms with van der Waals surface area (Å²) in [4.78, 5) is 1.41. The second-order valence-corrected chi connectivity index (χ2v) is 5.36. The van der Waals surface area contributed by atoms with Crippen LogP contribution in [-0.4, -0.2) is 10.8 Å². The fourth-order valence-corrected chi connectivity index (χ4v) is 3.49. The van der Waals surface area contributed by atoms with Gasteiger partial charge in [-0.15, -0.1) is 11.8 Å². The number of aryl methyl sites for hydroxylation is 1. The van der Waals surface area contributed by atoms with E-state index in [9.17, 15) is 0 Å². The average Bonchev–Trinajstić information content (AvgIpc) is 2.86. The first-order valence-corrected chi connectivity index (χ1v) is 7.23. The molecular weight excluding hydrogens is 214 g/mol. The molecule has 0 radical (unpaired) electrons. The molecule has 0 fully saturated rings. The predicted molar refractivity (Wildman–Crippen MR) is 71.4 cm³/mol. The summed E-state index contributed by atoms with van der Waals surface area (Å²) in [7, 11) is 0. The van der Waals surface area contributed by atoms with E-state index in [1.165, 1.54) is 35.2 Å². The Bertz CT molecular complexity index is 527. The molecular formula is C14H17NS. The Hall–Kier alpha value is -0.890. The van der Waals surface area contributed by atoms with Crippen LogP contribution in [0.25, 0.3) is 10.9 Å². The van der Waals surface area contributed by atoms with Crippen LogP contribution >= 0.6 is 11.8 Å². The minimum absolute atomic E-state index is 0.780. The largest absolute Gasteiger partial charge is 0.344 e. The van der Waals surface area contributed by atoms with Gasteiger partial charge in [0, 0.05) is 34.0 Å². The van der Waals surface area contributed by atoms with Crippen LogP contribution in [0.1, 0.15) is 31.4 Å². The highest BCUT2D eigenvalue weighted by Crippen LogP contribution is 2.38. The van der Waals surface area contributed by atoms with Crippen molar-refractivity contribution in [3.63, 3.8) is 0 Å². The lowest BCUT2D eigenvalue weighted by Gasteiger charge is -2.02. The molecule has 1 unspecified atom stereocenters. The van der Waals surface area contributed by atoms with Crippen molar-refractivity contribution in [2.24, 2.45) is 0 Å². The SMILES string of the molecule is CCC1CCn2c1cc1c(SC)cccc12. The van der Waals surface area contributed by atoms with Crippen LogP contribution in [0, 0.1) is 0 Å². The predicted octanol–water partition coefficient (Wildman–Crippen LogP) is 4.26. The molecule has 0 bridgehead atoms. The van der Waals surface area contributed by atoms with Gasteiger partial charge in [-0.1, -0.05) is 13.0 Å². The maximum atomic E-state index is 2.52. The van der Waals surface area contributed by atoms with Gasteiger partial charge in [0.1, 0.15) is 0 Å². The van der Waals surface area contributed by atoms with Gasteiger partial charge in [0.2, 0.25) is 0 Å². The molecule has 1 nitrogen and oxygen atoms in total. The lowest BCUT2D eigenvalue weighted by atomic mass is 10.0. The number of thioether (sulfide) groups is 1. The number of fused-ring (bicyclic) bond motifs is 3. The van der Waals surface area contributed by atoms with Gasteiger partial charge in [-0.05, 0) is 37.3 Å². The number of aromatic nitrogens is 1. The molecule has 16 heavy (non-hydrogen) atoms. The van der Waals surface area contributed by atoms with E-state index < -0.39 is 0 Å². The zero-order chi connectivity index (χ0) is 11.1. The highest BCUT2D eigenvalue weighted by Gasteiger charge is 2.23. The van der Waals surface area contributed by atoms with Gasteiger partial charge >= 0.3 is 0 Å². The second kappa shape index (κ2) is 3.85. The molecule has 0 N–H and O–H groups in total. The standard InChI is InChI=1S/C14H17NS/c1-3-10-7-8-15-12-5-4-6-14(16-2)11(12)9-13(10)15/h4-6,9-10H,3,7-8H2,1-2H3. The van der Waals surface area contributed by atoms with Crippen molar-refractivity contribution in [1.82, 2.24) is 4.57 Å². The van der Waals surface area contributed by atoms with Gasteiger partial charge in [-0.25, -0.2) is 0 Å². The normalized spacial score (nSPS) is 19.2. The molecule has 1 aromatic carbocycles. The van der Waals surface area contributed by atoms with Gasteiger partial charge in [-0.3, -0.25) is 0 Å². The van der Waals surface area contributed by atoms with Crippen LogP contribution in [0.2, 0.25) is 0 Å². The monoisotopic (exact) mass is 231 g/mol. The Kier molecular flexibility index (Phi) is 2.47. The van der Waals surface area contributed by atoms with Gasteiger partial charge in [0.15, 0.2) is 0 Å². The molecule has 0 saturated carbocycles. The topological polar surface area (TPSA) is 4.93 Å². The van der Waals surface area contributed by atoms with Gasteiger partial charge in [0.25, 0.3) is 0 Å². The zero-order valence-corrected chi connectivity index (χ0v) is 10.7. The molecule has 0 amide bonds. The van der Waals surface area contributed by atoms with Crippen molar-refractivity contribution in [2.75, 3.05) is 6.26 Å². The fraction of sp³-hybridized carbons (Fsp3) is 0.429. The average molecular weight is 231 g/mol. The van der Waals surface area contributed by atoms with E-state index in [-0.39, 0.29) is 0 Å². The second-order valence-electron chi connectivity index (χ2n) is 4.51. The molecule has 2 heterocycles. The number of hydrogen-bond acceptors (Lipinski definition) is 1. The first kappa shape index (κ1) is 10.3. The Balaban J connectivity index is 2.25. The summed E-state index contributed by atoms with van der Waals surface area (Å²) in [5.41, 5.74) is 2.98. The number of benzene rings is 1. The molecule has 84 valence electrons. The summed E-state index contributed by atoms with van der Waals surface area (Å²) >= 11 is 1.85. The van der Waals surface area contributed by atoms with Crippen molar-refractivity contribution in [1.29, 1.82) is 0 Å². The van der Waals surface area contributed by atoms with Crippen molar-refractivity contribution in [3.05, 3.63) is 30.0 Å². The van der Waals surface area contributed by atoms with E-state index >= 15 is 0 Å².